The van der Waals surface area contributed by atoms with Gasteiger partial charge in [0.2, 0.25) is 0 Å². The van der Waals surface area contributed by atoms with E-state index in [-0.39, 0.29) is 0 Å². The van der Waals surface area contributed by atoms with E-state index in [0.29, 0.717) is 0 Å². The van der Waals surface area contributed by atoms with Crippen LogP contribution in [0.5, 0.6) is 0 Å². The van der Waals surface area contributed by atoms with E-state index in [1.54, 1.807) is 0 Å². The maximum atomic E-state index is 2.41. The first-order chi connectivity index (χ1) is 8.81. The molecule has 1 atom stereocenters. The minimum Gasteiger partial charge on any atom is -0.0885 e. The summed E-state index contributed by atoms with van der Waals surface area (Å²) in [5.41, 5.74) is 0. The van der Waals surface area contributed by atoms with Crippen LogP contribution in [0, 0.1) is 5.92 Å². The molecule has 0 heterocycles. The van der Waals surface area contributed by atoms with E-state index < -0.39 is 0 Å². The van der Waals surface area contributed by atoms with E-state index in [1.807, 2.05) is 0 Å². The highest BCUT2D eigenvalue weighted by Crippen LogP contribution is 2.12. The molecular weight excluding hydrogens is 216 g/mol. The Balaban J connectivity index is 3.09. The van der Waals surface area contributed by atoms with Gasteiger partial charge in [0.05, 0.1) is 0 Å². The Morgan fingerprint density at radius 2 is 1.28 bits per heavy atom. The molecule has 0 saturated carbocycles. The predicted octanol–water partition coefficient (Wildman–Crippen LogP) is 6.90. The van der Waals surface area contributed by atoms with E-state index in [1.165, 1.54) is 77.0 Å². The van der Waals surface area contributed by atoms with Gasteiger partial charge in [-0.1, -0.05) is 84.3 Å². The summed E-state index contributed by atoms with van der Waals surface area (Å²) in [5, 5.41) is 0. The maximum Gasteiger partial charge on any atom is -0.0351 e. The Bertz CT molecular complexity index is 169. The van der Waals surface area contributed by atoms with Crippen LogP contribution in [0.2, 0.25) is 0 Å². The Kier molecular flexibility index (Phi) is 14.6. The summed E-state index contributed by atoms with van der Waals surface area (Å²) >= 11 is 0. The Hall–Kier alpha value is -0.260. The second-order valence-corrected chi connectivity index (χ2v) is 5.83. The molecule has 0 spiro atoms. The topological polar surface area (TPSA) is 0 Å². The summed E-state index contributed by atoms with van der Waals surface area (Å²) in [6, 6.07) is 0. The van der Waals surface area contributed by atoms with Gasteiger partial charge in [-0.3, -0.25) is 0 Å². The zero-order valence-electron chi connectivity index (χ0n) is 13.2. The molecule has 108 valence electrons. The van der Waals surface area contributed by atoms with Crippen LogP contribution in [-0.2, 0) is 0 Å². The van der Waals surface area contributed by atoms with Crippen molar-refractivity contribution in [3.05, 3.63) is 12.2 Å². The van der Waals surface area contributed by atoms with Crippen molar-refractivity contribution in [1.82, 2.24) is 0 Å². The van der Waals surface area contributed by atoms with Crippen LogP contribution in [0.25, 0.3) is 0 Å². The quantitative estimate of drug-likeness (QED) is 0.247. The lowest BCUT2D eigenvalue weighted by molar-refractivity contribution is 0.498. The van der Waals surface area contributed by atoms with Gasteiger partial charge < -0.3 is 0 Å². The normalized spacial score (nSPS) is 13.3. The average molecular weight is 252 g/mol. The van der Waals surface area contributed by atoms with Crippen LogP contribution in [0.15, 0.2) is 12.2 Å². The van der Waals surface area contributed by atoms with Crippen molar-refractivity contribution in [2.45, 2.75) is 97.8 Å². The van der Waals surface area contributed by atoms with Gasteiger partial charge in [-0.2, -0.15) is 0 Å². The average Bonchev–Trinajstić information content (AvgIpc) is 2.39. The fourth-order valence-electron chi connectivity index (χ4n) is 2.24. The second kappa shape index (κ2) is 14.8. The van der Waals surface area contributed by atoms with Crippen molar-refractivity contribution in [3.63, 3.8) is 0 Å². The van der Waals surface area contributed by atoms with Crippen molar-refractivity contribution < 1.29 is 0 Å². The van der Waals surface area contributed by atoms with Crippen molar-refractivity contribution in [3.8, 4) is 0 Å². The van der Waals surface area contributed by atoms with E-state index in [4.69, 9.17) is 0 Å². The molecule has 0 radical (unpaired) electrons. The van der Waals surface area contributed by atoms with Crippen LogP contribution in [0.3, 0.4) is 0 Å². The molecular formula is C18H36. The molecule has 0 aliphatic carbocycles. The van der Waals surface area contributed by atoms with Gasteiger partial charge in [0.15, 0.2) is 0 Å². The molecule has 0 nitrogen and oxygen atoms in total. The molecule has 0 bridgehead atoms. The van der Waals surface area contributed by atoms with Crippen molar-refractivity contribution in [2.75, 3.05) is 0 Å². The van der Waals surface area contributed by atoms with Crippen LogP contribution in [0.1, 0.15) is 97.8 Å². The molecule has 0 aromatic rings. The standard InChI is InChI=1S/C18H36/c1-4-6-7-8-9-10-11-12-13-14-15-16-17-18(3)5-2/h13-14,18H,4-12,15-17H2,1-3H3/b14-13-. The van der Waals surface area contributed by atoms with Gasteiger partial charge in [0, 0.05) is 0 Å². The smallest absolute Gasteiger partial charge is 0.0351 e. The minimum absolute atomic E-state index is 0.918. The molecule has 0 heteroatoms. The van der Waals surface area contributed by atoms with E-state index in [9.17, 15) is 0 Å². The lowest BCUT2D eigenvalue weighted by atomic mass is 10.0. The van der Waals surface area contributed by atoms with Gasteiger partial charge >= 0.3 is 0 Å². The zero-order chi connectivity index (χ0) is 13.5. The molecule has 1 unspecified atom stereocenters. The van der Waals surface area contributed by atoms with Crippen molar-refractivity contribution in [1.29, 1.82) is 0 Å². The third kappa shape index (κ3) is 13.8. The highest BCUT2D eigenvalue weighted by Gasteiger charge is 1.96. The fourth-order valence-corrected chi connectivity index (χ4v) is 2.24. The highest BCUT2D eigenvalue weighted by molar-refractivity contribution is 4.81. The van der Waals surface area contributed by atoms with Gasteiger partial charge in [-0.15, -0.1) is 0 Å². The van der Waals surface area contributed by atoms with Crippen LogP contribution < -0.4 is 0 Å². The molecule has 0 rings (SSSR count). The second-order valence-electron chi connectivity index (χ2n) is 5.83. The molecule has 0 aromatic heterocycles. The SMILES string of the molecule is CCCCCCCCC/C=C\CCCC(C)CC. The van der Waals surface area contributed by atoms with Gasteiger partial charge in [0.1, 0.15) is 0 Å². The largest absolute Gasteiger partial charge is 0.0885 e. The molecule has 0 amide bonds. The van der Waals surface area contributed by atoms with Crippen molar-refractivity contribution in [2.24, 2.45) is 5.92 Å². The molecule has 0 aromatic carbocycles. The predicted molar refractivity (Wildman–Crippen MR) is 85.1 cm³/mol. The number of hydrogen-bond acceptors (Lipinski definition) is 0. The number of hydrogen-bond donors (Lipinski definition) is 0. The van der Waals surface area contributed by atoms with Gasteiger partial charge in [-0.05, 0) is 31.6 Å². The van der Waals surface area contributed by atoms with E-state index >= 15 is 0 Å². The molecule has 0 N–H and O–H groups in total. The summed E-state index contributed by atoms with van der Waals surface area (Å²) in [5.74, 6) is 0.918. The summed E-state index contributed by atoms with van der Waals surface area (Å²) in [6.45, 7) is 6.94. The molecule has 0 aliphatic heterocycles. The van der Waals surface area contributed by atoms with Crippen molar-refractivity contribution >= 4 is 0 Å². The third-order valence-electron chi connectivity index (χ3n) is 3.91. The first-order valence-electron chi connectivity index (χ1n) is 8.46. The molecule has 0 saturated heterocycles. The number of unbranched alkanes of at least 4 members (excludes halogenated alkanes) is 8. The lowest BCUT2D eigenvalue weighted by Crippen LogP contribution is -1.90. The van der Waals surface area contributed by atoms with Crippen LogP contribution in [-0.4, -0.2) is 0 Å². The van der Waals surface area contributed by atoms with Gasteiger partial charge in [-0.25, -0.2) is 0 Å². The molecule has 0 aliphatic rings. The fraction of sp³-hybridized carbons (Fsp3) is 0.889. The van der Waals surface area contributed by atoms with E-state index in [0.717, 1.165) is 5.92 Å². The Labute approximate surface area is 116 Å². The summed E-state index contributed by atoms with van der Waals surface area (Å²) < 4.78 is 0. The Morgan fingerprint density at radius 1 is 0.722 bits per heavy atom. The first kappa shape index (κ1) is 17.7. The maximum absolute atomic E-state index is 2.41. The number of allylic oxidation sites excluding steroid dienone is 2. The van der Waals surface area contributed by atoms with E-state index in [2.05, 4.69) is 32.9 Å². The highest BCUT2D eigenvalue weighted by atomic mass is 14.0. The minimum atomic E-state index is 0.918. The third-order valence-corrected chi connectivity index (χ3v) is 3.91. The summed E-state index contributed by atoms with van der Waals surface area (Å²) in [6.07, 6.45) is 21.5. The summed E-state index contributed by atoms with van der Waals surface area (Å²) in [7, 11) is 0. The monoisotopic (exact) mass is 252 g/mol. The molecule has 0 fully saturated rings. The molecule has 18 heavy (non-hydrogen) atoms. The lowest BCUT2D eigenvalue weighted by Gasteiger charge is -2.05. The number of rotatable bonds is 13. The zero-order valence-corrected chi connectivity index (χ0v) is 13.2. The van der Waals surface area contributed by atoms with Crippen LogP contribution >= 0.6 is 0 Å². The van der Waals surface area contributed by atoms with Crippen LogP contribution in [0.4, 0.5) is 0 Å². The summed E-state index contributed by atoms with van der Waals surface area (Å²) in [4.78, 5) is 0. The Morgan fingerprint density at radius 3 is 1.89 bits per heavy atom. The van der Waals surface area contributed by atoms with Gasteiger partial charge in [0.25, 0.3) is 0 Å². The first-order valence-corrected chi connectivity index (χ1v) is 8.46.